The Balaban J connectivity index is 1.89. The summed E-state index contributed by atoms with van der Waals surface area (Å²) in [6, 6.07) is 9.84. The van der Waals surface area contributed by atoms with Crippen molar-refractivity contribution >= 4 is 11.9 Å². The highest BCUT2D eigenvalue weighted by Gasteiger charge is 2.45. The third-order valence-electron chi connectivity index (χ3n) is 4.97. The number of esters is 1. The molecule has 1 aromatic carbocycles. The van der Waals surface area contributed by atoms with Crippen LogP contribution in [0.5, 0.6) is 0 Å². The number of pyridine rings is 1. The van der Waals surface area contributed by atoms with Gasteiger partial charge in [-0.15, -0.1) is 0 Å². The van der Waals surface area contributed by atoms with Crippen LogP contribution in [0.1, 0.15) is 35.7 Å². The van der Waals surface area contributed by atoms with E-state index in [9.17, 15) is 14.0 Å². The Morgan fingerprint density at radius 3 is 2.78 bits per heavy atom. The zero-order valence-electron chi connectivity index (χ0n) is 15.4. The van der Waals surface area contributed by atoms with Crippen LogP contribution in [-0.4, -0.2) is 41.5 Å². The zero-order chi connectivity index (χ0) is 19.3. The predicted molar refractivity (Wildman–Crippen MR) is 98.5 cm³/mol. The van der Waals surface area contributed by atoms with Crippen molar-refractivity contribution in [3.05, 3.63) is 65.7 Å². The second-order valence-corrected chi connectivity index (χ2v) is 6.84. The Hall–Kier alpha value is -2.76. The molecule has 3 rings (SSSR count). The van der Waals surface area contributed by atoms with Crippen molar-refractivity contribution in [1.82, 2.24) is 9.88 Å². The Morgan fingerprint density at radius 2 is 2.07 bits per heavy atom. The van der Waals surface area contributed by atoms with Crippen LogP contribution in [0, 0.1) is 11.2 Å². The molecule has 0 unspecified atom stereocenters. The first-order valence-electron chi connectivity index (χ1n) is 9.16. The summed E-state index contributed by atoms with van der Waals surface area (Å²) in [5.74, 6) is -0.904. The molecule has 27 heavy (non-hydrogen) atoms. The van der Waals surface area contributed by atoms with Crippen molar-refractivity contribution in [2.45, 2.75) is 26.2 Å². The maximum absolute atomic E-state index is 14.2. The average Bonchev–Trinajstić information content (AvgIpc) is 2.70. The molecular formula is C21H23FN2O3. The van der Waals surface area contributed by atoms with Crippen LogP contribution in [-0.2, 0) is 16.0 Å². The van der Waals surface area contributed by atoms with Crippen LogP contribution in [0.3, 0.4) is 0 Å². The van der Waals surface area contributed by atoms with E-state index in [2.05, 4.69) is 4.98 Å². The molecule has 0 saturated carbocycles. The number of carbonyl (C=O) groups is 2. The monoisotopic (exact) mass is 370 g/mol. The number of piperidine rings is 1. The van der Waals surface area contributed by atoms with E-state index in [1.165, 1.54) is 12.3 Å². The molecule has 0 radical (unpaired) electrons. The van der Waals surface area contributed by atoms with Crippen LogP contribution in [0.4, 0.5) is 4.39 Å². The van der Waals surface area contributed by atoms with Gasteiger partial charge in [-0.1, -0.05) is 18.2 Å². The minimum atomic E-state index is -0.950. The SMILES string of the molecule is CCOC(=O)[C@@]1(Cc2ccccc2F)CCCN(C(=O)c2cccnc2)C1. The molecule has 1 fully saturated rings. The lowest BCUT2D eigenvalue weighted by Crippen LogP contribution is -2.51. The van der Waals surface area contributed by atoms with E-state index in [0.717, 1.165) is 0 Å². The van der Waals surface area contributed by atoms with Crippen LogP contribution >= 0.6 is 0 Å². The third-order valence-corrected chi connectivity index (χ3v) is 4.97. The van der Waals surface area contributed by atoms with Gasteiger partial charge in [0, 0.05) is 25.5 Å². The van der Waals surface area contributed by atoms with Gasteiger partial charge in [0.15, 0.2) is 0 Å². The molecular weight excluding hydrogens is 347 g/mol. The quantitative estimate of drug-likeness (QED) is 0.758. The maximum atomic E-state index is 14.2. The molecule has 1 aromatic heterocycles. The molecule has 1 aliphatic heterocycles. The number of amides is 1. The molecule has 142 valence electrons. The van der Waals surface area contributed by atoms with Crippen molar-refractivity contribution in [3.63, 3.8) is 0 Å². The van der Waals surface area contributed by atoms with E-state index >= 15 is 0 Å². The molecule has 1 aliphatic rings. The first-order valence-corrected chi connectivity index (χ1v) is 9.16. The molecule has 0 spiro atoms. The Kier molecular flexibility index (Phi) is 5.84. The van der Waals surface area contributed by atoms with E-state index in [0.29, 0.717) is 30.5 Å². The van der Waals surface area contributed by atoms with Crippen molar-refractivity contribution in [3.8, 4) is 0 Å². The molecule has 0 N–H and O–H groups in total. The van der Waals surface area contributed by atoms with Gasteiger partial charge in [0.05, 0.1) is 17.6 Å². The van der Waals surface area contributed by atoms with Crippen molar-refractivity contribution in [2.75, 3.05) is 19.7 Å². The first-order chi connectivity index (χ1) is 13.1. The number of rotatable bonds is 5. The summed E-state index contributed by atoms with van der Waals surface area (Å²) < 4.78 is 19.6. The van der Waals surface area contributed by atoms with Gasteiger partial charge >= 0.3 is 5.97 Å². The van der Waals surface area contributed by atoms with Gasteiger partial charge < -0.3 is 9.64 Å². The summed E-state index contributed by atoms with van der Waals surface area (Å²) in [7, 11) is 0. The summed E-state index contributed by atoms with van der Waals surface area (Å²) in [6.07, 6.45) is 4.53. The lowest BCUT2D eigenvalue weighted by Gasteiger charge is -2.41. The molecule has 0 aliphatic carbocycles. The van der Waals surface area contributed by atoms with Crippen LogP contribution in [0.2, 0.25) is 0 Å². The molecule has 2 heterocycles. The van der Waals surface area contributed by atoms with Crippen molar-refractivity contribution in [1.29, 1.82) is 0 Å². The first kappa shape index (κ1) is 19.0. The molecule has 5 nitrogen and oxygen atoms in total. The van der Waals surface area contributed by atoms with E-state index in [1.54, 1.807) is 48.4 Å². The Bertz CT molecular complexity index is 812. The fourth-order valence-corrected chi connectivity index (χ4v) is 3.65. The number of aromatic nitrogens is 1. The van der Waals surface area contributed by atoms with Crippen molar-refractivity contribution < 1.29 is 18.7 Å². The number of hydrogen-bond acceptors (Lipinski definition) is 4. The number of benzene rings is 1. The number of carbonyl (C=O) groups excluding carboxylic acids is 2. The highest BCUT2D eigenvalue weighted by molar-refractivity contribution is 5.94. The van der Waals surface area contributed by atoms with Gasteiger partial charge in [0.25, 0.3) is 5.91 Å². The molecule has 0 bridgehead atoms. The summed E-state index contributed by atoms with van der Waals surface area (Å²) in [5, 5.41) is 0. The summed E-state index contributed by atoms with van der Waals surface area (Å²) in [4.78, 5) is 31.3. The number of hydrogen-bond donors (Lipinski definition) is 0. The summed E-state index contributed by atoms with van der Waals surface area (Å²) in [6.45, 7) is 2.74. The fraction of sp³-hybridized carbons (Fsp3) is 0.381. The normalized spacial score (nSPS) is 19.6. The van der Waals surface area contributed by atoms with E-state index < -0.39 is 5.41 Å². The molecule has 2 aromatic rings. The van der Waals surface area contributed by atoms with Gasteiger partial charge in [-0.05, 0) is 49.9 Å². The van der Waals surface area contributed by atoms with Gasteiger partial charge in [-0.2, -0.15) is 0 Å². The second-order valence-electron chi connectivity index (χ2n) is 6.84. The molecule has 6 heteroatoms. The Labute approximate surface area is 158 Å². The van der Waals surface area contributed by atoms with Gasteiger partial charge in [-0.25, -0.2) is 4.39 Å². The molecule has 1 atom stereocenters. The smallest absolute Gasteiger partial charge is 0.314 e. The minimum Gasteiger partial charge on any atom is -0.466 e. The second kappa shape index (κ2) is 8.29. The maximum Gasteiger partial charge on any atom is 0.314 e. The van der Waals surface area contributed by atoms with E-state index in [1.807, 2.05) is 0 Å². The molecule has 1 amide bonds. The number of nitrogens with zero attached hydrogens (tertiary/aromatic N) is 2. The van der Waals surface area contributed by atoms with Crippen LogP contribution < -0.4 is 0 Å². The van der Waals surface area contributed by atoms with Gasteiger partial charge in [0.1, 0.15) is 5.82 Å². The van der Waals surface area contributed by atoms with E-state index in [4.69, 9.17) is 4.74 Å². The van der Waals surface area contributed by atoms with Crippen LogP contribution in [0.25, 0.3) is 0 Å². The van der Waals surface area contributed by atoms with Crippen molar-refractivity contribution in [2.24, 2.45) is 5.41 Å². The fourth-order valence-electron chi connectivity index (χ4n) is 3.65. The summed E-state index contributed by atoms with van der Waals surface area (Å²) in [5.41, 5.74) is -0.0156. The highest BCUT2D eigenvalue weighted by Crippen LogP contribution is 2.36. The standard InChI is InChI=1S/C21H23FN2O3/c1-2-27-20(26)21(13-16-7-3-4-9-18(16)22)10-6-12-24(15-21)19(25)17-8-5-11-23-14-17/h3-5,7-9,11,14H,2,6,10,12-13,15H2,1H3/t21-/m1/s1. The zero-order valence-corrected chi connectivity index (χ0v) is 15.4. The number of likely N-dealkylation sites (tertiary alicyclic amines) is 1. The van der Waals surface area contributed by atoms with Crippen LogP contribution in [0.15, 0.2) is 48.8 Å². The Morgan fingerprint density at radius 1 is 1.26 bits per heavy atom. The molecule has 1 saturated heterocycles. The largest absolute Gasteiger partial charge is 0.466 e. The van der Waals surface area contributed by atoms with Gasteiger partial charge in [-0.3, -0.25) is 14.6 Å². The number of halogens is 1. The highest BCUT2D eigenvalue weighted by atomic mass is 19.1. The predicted octanol–water partition coefficient (Wildman–Crippen LogP) is 3.25. The third kappa shape index (κ3) is 4.15. The van der Waals surface area contributed by atoms with Gasteiger partial charge in [0.2, 0.25) is 0 Å². The number of ether oxygens (including phenoxy) is 1. The minimum absolute atomic E-state index is 0.176. The average molecular weight is 370 g/mol. The van der Waals surface area contributed by atoms with E-state index in [-0.39, 0.29) is 37.3 Å². The summed E-state index contributed by atoms with van der Waals surface area (Å²) >= 11 is 0. The topological polar surface area (TPSA) is 59.5 Å². The lowest BCUT2D eigenvalue weighted by molar-refractivity contribution is -0.158. The lowest BCUT2D eigenvalue weighted by atomic mass is 9.74.